The molecule has 0 atom stereocenters. The SMILES string of the molecule is COc1cccc(Br)c1OCc1cc(C#N)ccc1F. The second-order valence-electron chi connectivity index (χ2n) is 3.98. The first-order valence-electron chi connectivity index (χ1n) is 5.79. The van der Waals surface area contributed by atoms with Gasteiger partial charge in [0, 0.05) is 5.56 Å². The molecule has 0 unspecified atom stereocenters. The van der Waals surface area contributed by atoms with E-state index in [1.165, 1.54) is 25.3 Å². The Morgan fingerprint density at radius 1 is 1.30 bits per heavy atom. The molecule has 2 rings (SSSR count). The van der Waals surface area contributed by atoms with Gasteiger partial charge in [-0.15, -0.1) is 0 Å². The highest BCUT2D eigenvalue weighted by Crippen LogP contribution is 2.35. The molecule has 102 valence electrons. The van der Waals surface area contributed by atoms with Gasteiger partial charge in [-0.1, -0.05) is 6.07 Å². The summed E-state index contributed by atoms with van der Waals surface area (Å²) in [5.74, 6) is 0.642. The highest BCUT2D eigenvalue weighted by Gasteiger charge is 2.11. The average molecular weight is 336 g/mol. The quantitative estimate of drug-likeness (QED) is 0.846. The van der Waals surface area contributed by atoms with Crippen LogP contribution in [0.3, 0.4) is 0 Å². The Bertz CT molecular complexity index is 667. The molecule has 0 aliphatic heterocycles. The van der Waals surface area contributed by atoms with Gasteiger partial charge in [0.1, 0.15) is 12.4 Å². The minimum Gasteiger partial charge on any atom is -0.493 e. The van der Waals surface area contributed by atoms with Crippen molar-refractivity contribution in [1.82, 2.24) is 0 Å². The predicted molar refractivity (Wildman–Crippen MR) is 76.1 cm³/mol. The molecule has 0 heterocycles. The number of rotatable bonds is 4. The zero-order valence-corrected chi connectivity index (χ0v) is 12.3. The molecule has 0 radical (unpaired) electrons. The number of ether oxygens (including phenoxy) is 2. The summed E-state index contributed by atoms with van der Waals surface area (Å²) in [6.07, 6.45) is 0. The van der Waals surface area contributed by atoms with Gasteiger partial charge in [0.05, 0.1) is 23.2 Å². The van der Waals surface area contributed by atoms with Crippen LogP contribution in [0.25, 0.3) is 0 Å². The van der Waals surface area contributed by atoms with Crippen LogP contribution < -0.4 is 9.47 Å². The Labute approximate surface area is 124 Å². The molecular formula is C15H11BrFNO2. The van der Waals surface area contributed by atoms with Crippen molar-refractivity contribution in [2.45, 2.75) is 6.61 Å². The maximum atomic E-state index is 13.7. The molecular weight excluding hydrogens is 325 g/mol. The first-order valence-corrected chi connectivity index (χ1v) is 6.59. The lowest BCUT2D eigenvalue weighted by Gasteiger charge is -2.12. The third-order valence-electron chi connectivity index (χ3n) is 2.70. The Balaban J connectivity index is 2.23. The number of nitriles is 1. The monoisotopic (exact) mass is 335 g/mol. The van der Waals surface area contributed by atoms with Crippen LogP contribution >= 0.6 is 15.9 Å². The van der Waals surface area contributed by atoms with Crippen molar-refractivity contribution in [2.24, 2.45) is 0 Å². The molecule has 0 aliphatic carbocycles. The van der Waals surface area contributed by atoms with Gasteiger partial charge >= 0.3 is 0 Å². The maximum absolute atomic E-state index is 13.7. The molecule has 0 aliphatic rings. The van der Waals surface area contributed by atoms with Gasteiger partial charge in [-0.05, 0) is 46.3 Å². The second-order valence-corrected chi connectivity index (χ2v) is 4.83. The molecule has 20 heavy (non-hydrogen) atoms. The third-order valence-corrected chi connectivity index (χ3v) is 3.32. The Kier molecular flexibility index (Phi) is 4.59. The molecule has 0 spiro atoms. The summed E-state index contributed by atoms with van der Waals surface area (Å²) in [7, 11) is 1.53. The first kappa shape index (κ1) is 14.4. The summed E-state index contributed by atoms with van der Waals surface area (Å²) in [6, 6.07) is 11.5. The van der Waals surface area contributed by atoms with Crippen LogP contribution in [0.15, 0.2) is 40.9 Å². The van der Waals surface area contributed by atoms with Crippen LogP contribution in [-0.2, 0) is 6.61 Å². The molecule has 0 amide bonds. The van der Waals surface area contributed by atoms with Gasteiger partial charge in [0.2, 0.25) is 0 Å². The van der Waals surface area contributed by atoms with Crippen LogP contribution in [0.5, 0.6) is 11.5 Å². The van der Waals surface area contributed by atoms with Crippen molar-refractivity contribution in [3.05, 3.63) is 57.8 Å². The minimum atomic E-state index is -0.407. The van der Waals surface area contributed by atoms with Crippen LogP contribution in [0.1, 0.15) is 11.1 Å². The molecule has 0 aromatic heterocycles. The van der Waals surface area contributed by atoms with Crippen molar-refractivity contribution in [2.75, 3.05) is 7.11 Å². The van der Waals surface area contributed by atoms with Gasteiger partial charge < -0.3 is 9.47 Å². The molecule has 0 N–H and O–H groups in total. The van der Waals surface area contributed by atoms with Crippen LogP contribution in [0.4, 0.5) is 4.39 Å². The summed E-state index contributed by atoms with van der Waals surface area (Å²) in [5.41, 5.74) is 0.714. The molecule has 3 nitrogen and oxygen atoms in total. The second kappa shape index (κ2) is 6.40. The van der Waals surface area contributed by atoms with Gasteiger partial charge in [-0.25, -0.2) is 4.39 Å². The normalized spacial score (nSPS) is 9.90. The summed E-state index contributed by atoms with van der Waals surface area (Å²) < 4.78 is 25.2. The topological polar surface area (TPSA) is 42.2 Å². The minimum absolute atomic E-state index is 0.0142. The highest BCUT2D eigenvalue weighted by molar-refractivity contribution is 9.10. The number of hydrogen-bond donors (Lipinski definition) is 0. The smallest absolute Gasteiger partial charge is 0.175 e. The zero-order chi connectivity index (χ0) is 14.5. The number of nitrogens with zero attached hydrogens (tertiary/aromatic N) is 1. The van der Waals surface area contributed by atoms with Gasteiger partial charge in [-0.3, -0.25) is 0 Å². The van der Waals surface area contributed by atoms with Crippen molar-refractivity contribution >= 4 is 15.9 Å². The van der Waals surface area contributed by atoms with Crippen molar-refractivity contribution < 1.29 is 13.9 Å². The molecule has 5 heteroatoms. The fourth-order valence-electron chi connectivity index (χ4n) is 1.69. The van der Waals surface area contributed by atoms with E-state index in [0.29, 0.717) is 27.1 Å². The van der Waals surface area contributed by atoms with Gasteiger partial charge in [0.25, 0.3) is 0 Å². The van der Waals surface area contributed by atoms with Crippen molar-refractivity contribution in [3.8, 4) is 17.6 Å². The van der Waals surface area contributed by atoms with E-state index in [1.807, 2.05) is 12.1 Å². The van der Waals surface area contributed by atoms with Crippen molar-refractivity contribution in [1.29, 1.82) is 5.26 Å². The molecule has 0 saturated heterocycles. The summed E-state index contributed by atoms with van der Waals surface area (Å²) in [4.78, 5) is 0. The lowest BCUT2D eigenvalue weighted by molar-refractivity contribution is 0.278. The molecule has 0 fully saturated rings. The zero-order valence-electron chi connectivity index (χ0n) is 10.7. The van der Waals surface area contributed by atoms with E-state index >= 15 is 0 Å². The number of methoxy groups -OCH3 is 1. The number of halogens is 2. The summed E-state index contributed by atoms with van der Waals surface area (Å²) >= 11 is 3.36. The van der Waals surface area contributed by atoms with E-state index in [4.69, 9.17) is 14.7 Å². The van der Waals surface area contributed by atoms with E-state index in [9.17, 15) is 4.39 Å². The average Bonchev–Trinajstić information content (AvgIpc) is 2.47. The predicted octanol–water partition coefficient (Wildman–Crippen LogP) is 4.05. The Morgan fingerprint density at radius 3 is 2.80 bits per heavy atom. The molecule has 0 saturated carbocycles. The first-order chi connectivity index (χ1) is 9.65. The fourth-order valence-corrected chi connectivity index (χ4v) is 2.16. The highest BCUT2D eigenvalue weighted by atomic mass is 79.9. The van der Waals surface area contributed by atoms with Gasteiger partial charge in [0.15, 0.2) is 11.5 Å². The van der Waals surface area contributed by atoms with Crippen LogP contribution in [0.2, 0.25) is 0 Å². The van der Waals surface area contributed by atoms with E-state index < -0.39 is 5.82 Å². The van der Waals surface area contributed by atoms with Crippen LogP contribution in [-0.4, -0.2) is 7.11 Å². The standard InChI is InChI=1S/C15H11BrFNO2/c1-19-14-4-2-3-12(16)15(14)20-9-11-7-10(8-18)5-6-13(11)17/h2-7H,9H2,1H3. The Hall–Kier alpha value is -2.06. The third kappa shape index (κ3) is 3.09. The fraction of sp³-hybridized carbons (Fsp3) is 0.133. The van der Waals surface area contributed by atoms with E-state index in [0.717, 1.165) is 0 Å². The number of benzene rings is 2. The largest absolute Gasteiger partial charge is 0.493 e. The Morgan fingerprint density at radius 2 is 2.10 bits per heavy atom. The van der Waals surface area contributed by atoms with Gasteiger partial charge in [-0.2, -0.15) is 5.26 Å². The van der Waals surface area contributed by atoms with E-state index in [1.54, 1.807) is 12.1 Å². The van der Waals surface area contributed by atoms with E-state index in [2.05, 4.69) is 15.9 Å². The van der Waals surface area contributed by atoms with Crippen LogP contribution in [0, 0.1) is 17.1 Å². The lowest BCUT2D eigenvalue weighted by atomic mass is 10.1. The molecule has 2 aromatic rings. The molecule has 2 aromatic carbocycles. The molecule has 0 bridgehead atoms. The lowest BCUT2D eigenvalue weighted by Crippen LogP contribution is -2.01. The number of hydrogen-bond acceptors (Lipinski definition) is 3. The van der Waals surface area contributed by atoms with E-state index in [-0.39, 0.29) is 6.61 Å². The summed E-state index contributed by atoms with van der Waals surface area (Å²) in [5, 5.41) is 8.82. The summed E-state index contributed by atoms with van der Waals surface area (Å²) in [6.45, 7) is 0.0142. The van der Waals surface area contributed by atoms with Crippen molar-refractivity contribution in [3.63, 3.8) is 0 Å². The maximum Gasteiger partial charge on any atom is 0.175 e. The number of para-hydroxylation sites is 1.